The molecule has 2 aromatic rings. The van der Waals surface area contributed by atoms with E-state index in [-0.39, 0.29) is 18.4 Å². The molecule has 0 fully saturated rings. The van der Waals surface area contributed by atoms with Crippen LogP contribution in [0.1, 0.15) is 22.9 Å². The van der Waals surface area contributed by atoms with Crippen molar-refractivity contribution in [3.8, 4) is 0 Å². The van der Waals surface area contributed by atoms with E-state index in [1.165, 1.54) is 4.90 Å². The lowest BCUT2D eigenvalue weighted by molar-refractivity contribution is -0.141. The molecule has 0 saturated heterocycles. The van der Waals surface area contributed by atoms with Crippen LogP contribution in [-0.2, 0) is 27.4 Å². The summed E-state index contributed by atoms with van der Waals surface area (Å²) in [5.41, 5.74) is 2.21. The van der Waals surface area contributed by atoms with Gasteiger partial charge in [0.15, 0.2) is 0 Å². The van der Waals surface area contributed by atoms with E-state index in [4.69, 9.17) is 16.3 Å². The molecule has 7 heteroatoms. The second-order valence-electron chi connectivity index (χ2n) is 6.63. The van der Waals surface area contributed by atoms with Crippen molar-refractivity contribution in [1.29, 1.82) is 0 Å². The molecular weight excluding hydrogens is 396 g/mol. The van der Waals surface area contributed by atoms with Gasteiger partial charge >= 0.3 is 0 Å². The van der Waals surface area contributed by atoms with Crippen molar-refractivity contribution >= 4 is 34.8 Å². The largest absolute Gasteiger partial charge is 0.383 e. The molecule has 152 valence electrons. The SMILES string of the molecule is COCCN(CC(=O)N(Cc1ccccc1)Cc1sccc1C)C(=O)C(C)Cl. The maximum absolute atomic E-state index is 13.1. The van der Waals surface area contributed by atoms with Crippen LogP contribution >= 0.6 is 22.9 Å². The number of aryl methyl sites for hydroxylation is 1. The minimum atomic E-state index is -0.688. The number of alkyl halides is 1. The van der Waals surface area contributed by atoms with Crippen molar-refractivity contribution in [3.05, 3.63) is 57.8 Å². The van der Waals surface area contributed by atoms with Crippen LogP contribution in [0.3, 0.4) is 0 Å². The molecule has 2 amide bonds. The first-order chi connectivity index (χ1) is 13.4. The Hall–Kier alpha value is -1.89. The molecule has 1 unspecified atom stereocenters. The summed E-state index contributed by atoms with van der Waals surface area (Å²) < 4.78 is 5.08. The van der Waals surface area contributed by atoms with Gasteiger partial charge in [0, 0.05) is 25.1 Å². The highest BCUT2D eigenvalue weighted by atomic mass is 35.5. The number of hydrogen-bond donors (Lipinski definition) is 0. The molecule has 1 atom stereocenters. The summed E-state index contributed by atoms with van der Waals surface area (Å²) >= 11 is 7.61. The number of amides is 2. The number of carbonyl (C=O) groups excluding carboxylic acids is 2. The van der Waals surface area contributed by atoms with Gasteiger partial charge in [0.05, 0.1) is 19.7 Å². The Balaban J connectivity index is 2.18. The van der Waals surface area contributed by atoms with E-state index in [2.05, 4.69) is 6.07 Å². The Morgan fingerprint density at radius 1 is 1.14 bits per heavy atom. The van der Waals surface area contributed by atoms with Crippen molar-refractivity contribution in [3.63, 3.8) is 0 Å². The van der Waals surface area contributed by atoms with Crippen molar-refractivity contribution < 1.29 is 14.3 Å². The molecule has 0 N–H and O–H groups in total. The highest BCUT2D eigenvalue weighted by molar-refractivity contribution is 7.10. The van der Waals surface area contributed by atoms with E-state index in [0.717, 1.165) is 16.0 Å². The zero-order valence-corrected chi connectivity index (χ0v) is 18.1. The molecule has 0 spiro atoms. The molecule has 0 aliphatic rings. The zero-order valence-electron chi connectivity index (χ0n) is 16.6. The first-order valence-electron chi connectivity index (χ1n) is 9.18. The molecule has 0 bridgehead atoms. The number of thiophene rings is 1. The number of rotatable bonds is 10. The lowest BCUT2D eigenvalue weighted by Crippen LogP contribution is -2.45. The number of methoxy groups -OCH3 is 1. The van der Waals surface area contributed by atoms with Gasteiger partial charge in [-0.15, -0.1) is 22.9 Å². The van der Waals surface area contributed by atoms with Crippen molar-refractivity contribution in [2.45, 2.75) is 32.3 Å². The fourth-order valence-electron chi connectivity index (χ4n) is 2.76. The van der Waals surface area contributed by atoms with Crippen LogP contribution in [0.2, 0.25) is 0 Å². The van der Waals surface area contributed by atoms with E-state index in [1.54, 1.807) is 30.3 Å². The van der Waals surface area contributed by atoms with Crippen molar-refractivity contribution in [2.75, 3.05) is 26.8 Å². The van der Waals surface area contributed by atoms with Crippen molar-refractivity contribution in [2.24, 2.45) is 0 Å². The van der Waals surface area contributed by atoms with Crippen LogP contribution in [0, 0.1) is 6.92 Å². The lowest BCUT2D eigenvalue weighted by Gasteiger charge is -2.28. The third-order valence-corrected chi connectivity index (χ3v) is 5.61. The van der Waals surface area contributed by atoms with Gasteiger partial charge in [0.1, 0.15) is 5.38 Å². The van der Waals surface area contributed by atoms with Gasteiger partial charge in [-0.25, -0.2) is 0 Å². The number of carbonyl (C=O) groups is 2. The standard InChI is InChI=1S/C21H27ClN2O3S/c1-16-9-12-28-19(16)14-24(13-18-7-5-4-6-8-18)20(25)15-23(10-11-27-3)21(26)17(2)22/h4-9,12,17H,10-11,13-15H2,1-3H3. The molecule has 0 aliphatic heterocycles. The Labute approximate surface area is 175 Å². The van der Waals surface area contributed by atoms with Crippen LogP contribution in [0.4, 0.5) is 0 Å². The van der Waals surface area contributed by atoms with E-state index in [9.17, 15) is 9.59 Å². The van der Waals surface area contributed by atoms with Crippen LogP contribution in [-0.4, -0.2) is 53.8 Å². The molecule has 2 rings (SSSR count). The van der Waals surface area contributed by atoms with E-state index >= 15 is 0 Å². The molecule has 1 aromatic carbocycles. The minimum Gasteiger partial charge on any atom is -0.383 e. The van der Waals surface area contributed by atoms with E-state index in [0.29, 0.717) is 26.2 Å². The molecule has 28 heavy (non-hydrogen) atoms. The lowest BCUT2D eigenvalue weighted by atomic mass is 10.2. The molecule has 1 aromatic heterocycles. The number of halogens is 1. The van der Waals surface area contributed by atoms with Crippen LogP contribution in [0.25, 0.3) is 0 Å². The third-order valence-electron chi connectivity index (χ3n) is 4.42. The summed E-state index contributed by atoms with van der Waals surface area (Å²) in [6, 6.07) is 11.9. The van der Waals surface area contributed by atoms with Crippen LogP contribution in [0.15, 0.2) is 41.8 Å². The van der Waals surface area contributed by atoms with Gasteiger partial charge in [0.25, 0.3) is 0 Å². The quantitative estimate of drug-likeness (QED) is 0.549. The highest BCUT2D eigenvalue weighted by Crippen LogP contribution is 2.20. The Morgan fingerprint density at radius 2 is 1.86 bits per heavy atom. The first-order valence-corrected chi connectivity index (χ1v) is 10.5. The number of ether oxygens (including phenoxy) is 1. The van der Waals surface area contributed by atoms with Gasteiger partial charge in [-0.3, -0.25) is 9.59 Å². The summed E-state index contributed by atoms with van der Waals surface area (Å²) in [6.45, 7) is 5.32. The summed E-state index contributed by atoms with van der Waals surface area (Å²) in [5, 5.41) is 1.34. The molecule has 1 heterocycles. The molecular formula is C21H27ClN2O3S. The summed E-state index contributed by atoms with van der Waals surface area (Å²) in [4.78, 5) is 30.0. The summed E-state index contributed by atoms with van der Waals surface area (Å²) in [7, 11) is 1.57. The fourth-order valence-corrected chi connectivity index (χ4v) is 3.82. The topological polar surface area (TPSA) is 49.9 Å². The maximum atomic E-state index is 13.1. The summed E-state index contributed by atoms with van der Waals surface area (Å²) in [6.07, 6.45) is 0. The Bertz CT molecular complexity index is 764. The monoisotopic (exact) mass is 422 g/mol. The molecule has 0 radical (unpaired) electrons. The van der Waals surface area contributed by atoms with Gasteiger partial charge in [-0.2, -0.15) is 0 Å². The highest BCUT2D eigenvalue weighted by Gasteiger charge is 2.24. The minimum absolute atomic E-state index is 0.0174. The second kappa shape index (κ2) is 11.2. The van der Waals surface area contributed by atoms with E-state index < -0.39 is 5.38 Å². The molecule has 5 nitrogen and oxygen atoms in total. The van der Waals surface area contributed by atoms with Crippen LogP contribution in [0.5, 0.6) is 0 Å². The smallest absolute Gasteiger partial charge is 0.242 e. The molecule has 0 aliphatic carbocycles. The second-order valence-corrected chi connectivity index (χ2v) is 8.29. The van der Waals surface area contributed by atoms with Crippen LogP contribution < -0.4 is 0 Å². The maximum Gasteiger partial charge on any atom is 0.242 e. The first kappa shape index (κ1) is 22.4. The van der Waals surface area contributed by atoms with Gasteiger partial charge in [-0.1, -0.05) is 30.3 Å². The molecule has 0 saturated carbocycles. The predicted octanol–water partition coefficient (Wildman–Crippen LogP) is 3.69. The van der Waals surface area contributed by atoms with E-state index in [1.807, 2.05) is 42.6 Å². The number of nitrogens with zero attached hydrogens (tertiary/aromatic N) is 2. The summed E-state index contributed by atoms with van der Waals surface area (Å²) in [5.74, 6) is -0.377. The number of benzene rings is 1. The Morgan fingerprint density at radius 3 is 2.43 bits per heavy atom. The zero-order chi connectivity index (χ0) is 20.5. The fraction of sp³-hybridized carbons (Fsp3) is 0.429. The predicted molar refractivity (Wildman–Crippen MR) is 114 cm³/mol. The number of hydrogen-bond acceptors (Lipinski definition) is 4. The average Bonchev–Trinajstić information content (AvgIpc) is 3.09. The third kappa shape index (κ3) is 6.62. The normalized spacial score (nSPS) is 11.9. The van der Waals surface area contributed by atoms with Gasteiger partial charge in [0.2, 0.25) is 11.8 Å². The van der Waals surface area contributed by atoms with Gasteiger partial charge in [-0.05, 0) is 36.4 Å². The Kier molecular flexibility index (Phi) is 8.96. The van der Waals surface area contributed by atoms with Crippen molar-refractivity contribution in [1.82, 2.24) is 9.80 Å². The van der Waals surface area contributed by atoms with Gasteiger partial charge < -0.3 is 14.5 Å². The average molecular weight is 423 g/mol.